The van der Waals surface area contributed by atoms with Crippen LogP contribution in [0.5, 0.6) is 0 Å². The van der Waals surface area contributed by atoms with Crippen molar-refractivity contribution in [2.45, 2.75) is 20.3 Å². The first-order valence-corrected chi connectivity index (χ1v) is 7.47. The Morgan fingerprint density at radius 1 is 1.13 bits per heavy atom. The third-order valence-corrected chi connectivity index (χ3v) is 3.49. The highest BCUT2D eigenvalue weighted by Gasteiger charge is 2.14. The van der Waals surface area contributed by atoms with Crippen LogP contribution >= 0.6 is 0 Å². The van der Waals surface area contributed by atoms with Crippen molar-refractivity contribution in [3.63, 3.8) is 0 Å². The summed E-state index contributed by atoms with van der Waals surface area (Å²) in [6.45, 7) is 3.83. The molecule has 1 amide bonds. The van der Waals surface area contributed by atoms with E-state index in [4.69, 9.17) is 4.52 Å². The fraction of sp³-hybridized carbons (Fsp3) is 0.167. The zero-order valence-corrected chi connectivity index (χ0v) is 13.0. The average Bonchev–Trinajstić information content (AvgIpc) is 3.05. The van der Waals surface area contributed by atoms with E-state index in [1.54, 1.807) is 6.92 Å². The Hall–Kier alpha value is -2.95. The Balaban J connectivity index is 1.94. The number of rotatable bonds is 4. The molecule has 5 nitrogen and oxygen atoms in total. The largest absolute Gasteiger partial charge is 0.334 e. The third kappa shape index (κ3) is 3.29. The zero-order valence-electron chi connectivity index (χ0n) is 13.0. The van der Waals surface area contributed by atoms with Gasteiger partial charge in [0, 0.05) is 12.0 Å². The second kappa shape index (κ2) is 6.44. The lowest BCUT2D eigenvalue weighted by atomic mass is 10.1. The predicted octanol–water partition coefficient (Wildman–Crippen LogP) is 4.06. The lowest BCUT2D eigenvalue weighted by molar-refractivity contribution is -0.115. The molecule has 1 heterocycles. The maximum Gasteiger partial charge on any atom is 0.260 e. The maximum atomic E-state index is 11.6. The van der Waals surface area contributed by atoms with Gasteiger partial charge in [-0.2, -0.15) is 4.98 Å². The number of nitrogens with zero attached hydrogens (tertiary/aromatic N) is 2. The summed E-state index contributed by atoms with van der Waals surface area (Å²) in [5, 5.41) is 6.88. The van der Waals surface area contributed by atoms with Gasteiger partial charge in [0.05, 0.1) is 11.3 Å². The first-order chi connectivity index (χ1) is 11.2. The number of aromatic nitrogens is 2. The summed E-state index contributed by atoms with van der Waals surface area (Å²) in [6, 6.07) is 15.3. The second-order valence-electron chi connectivity index (χ2n) is 5.24. The van der Waals surface area contributed by atoms with E-state index in [0.29, 0.717) is 29.4 Å². The maximum absolute atomic E-state index is 11.6. The molecule has 5 heteroatoms. The first kappa shape index (κ1) is 15.0. The van der Waals surface area contributed by atoms with E-state index in [2.05, 4.69) is 15.5 Å². The summed E-state index contributed by atoms with van der Waals surface area (Å²) < 4.78 is 5.38. The molecule has 3 rings (SSSR count). The standard InChI is InChI=1S/C18H17N3O2/c1-3-16(22)19-15-7-5-4-6-14(15)18-20-17(21-23-18)13-10-8-12(2)9-11-13/h4-11H,3H2,1-2H3,(H,19,22). The van der Waals surface area contributed by atoms with Crippen LogP contribution < -0.4 is 5.32 Å². The van der Waals surface area contributed by atoms with Gasteiger partial charge in [-0.15, -0.1) is 0 Å². The number of anilines is 1. The number of nitrogens with one attached hydrogen (secondary N) is 1. The second-order valence-corrected chi connectivity index (χ2v) is 5.24. The van der Waals surface area contributed by atoms with Crippen LogP contribution in [0.1, 0.15) is 18.9 Å². The molecule has 0 atom stereocenters. The lowest BCUT2D eigenvalue weighted by Crippen LogP contribution is -2.10. The Morgan fingerprint density at radius 3 is 2.61 bits per heavy atom. The van der Waals surface area contributed by atoms with Gasteiger partial charge in [0.15, 0.2) is 0 Å². The Kier molecular flexibility index (Phi) is 4.19. The van der Waals surface area contributed by atoms with Crippen LogP contribution in [-0.4, -0.2) is 16.0 Å². The number of aryl methyl sites for hydroxylation is 1. The Bertz CT molecular complexity index is 822. The Labute approximate surface area is 134 Å². The molecule has 1 N–H and O–H groups in total. The molecule has 0 spiro atoms. The molecule has 0 unspecified atom stereocenters. The topological polar surface area (TPSA) is 68.0 Å². The van der Waals surface area contributed by atoms with Crippen LogP contribution in [0.15, 0.2) is 53.1 Å². The SMILES string of the molecule is CCC(=O)Nc1ccccc1-c1nc(-c2ccc(C)cc2)no1. The van der Waals surface area contributed by atoms with Crippen molar-refractivity contribution in [1.82, 2.24) is 10.1 Å². The van der Waals surface area contributed by atoms with Crippen LogP contribution in [0.25, 0.3) is 22.8 Å². The molecular formula is C18H17N3O2. The van der Waals surface area contributed by atoms with E-state index in [1.165, 1.54) is 5.56 Å². The van der Waals surface area contributed by atoms with E-state index >= 15 is 0 Å². The number of carbonyl (C=O) groups excluding carboxylic acids is 1. The normalized spacial score (nSPS) is 10.5. The molecule has 116 valence electrons. The molecule has 0 aliphatic carbocycles. The number of hydrogen-bond donors (Lipinski definition) is 1. The highest BCUT2D eigenvalue weighted by atomic mass is 16.5. The third-order valence-electron chi connectivity index (χ3n) is 3.49. The molecule has 0 saturated heterocycles. The fourth-order valence-corrected chi connectivity index (χ4v) is 2.17. The summed E-state index contributed by atoms with van der Waals surface area (Å²) >= 11 is 0. The van der Waals surface area contributed by atoms with E-state index < -0.39 is 0 Å². The molecule has 0 aliphatic rings. The molecule has 0 radical (unpaired) electrons. The van der Waals surface area contributed by atoms with Crippen molar-refractivity contribution in [1.29, 1.82) is 0 Å². The number of benzene rings is 2. The number of carbonyl (C=O) groups is 1. The molecule has 0 bridgehead atoms. The van der Waals surface area contributed by atoms with Crippen LogP contribution in [0.2, 0.25) is 0 Å². The summed E-state index contributed by atoms with van der Waals surface area (Å²) in [5.74, 6) is 0.847. The summed E-state index contributed by atoms with van der Waals surface area (Å²) in [6.07, 6.45) is 0.410. The molecule has 23 heavy (non-hydrogen) atoms. The quantitative estimate of drug-likeness (QED) is 0.789. The van der Waals surface area contributed by atoms with Crippen molar-refractivity contribution < 1.29 is 9.32 Å². The van der Waals surface area contributed by atoms with Crippen molar-refractivity contribution >= 4 is 11.6 Å². The Morgan fingerprint density at radius 2 is 1.87 bits per heavy atom. The number of hydrogen-bond acceptors (Lipinski definition) is 4. The van der Waals surface area contributed by atoms with Crippen LogP contribution in [0.3, 0.4) is 0 Å². The minimum Gasteiger partial charge on any atom is -0.334 e. The molecule has 0 fully saturated rings. The minimum absolute atomic E-state index is 0.0595. The zero-order chi connectivity index (χ0) is 16.2. The lowest BCUT2D eigenvalue weighted by Gasteiger charge is -2.06. The van der Waals surface area contributed by atoms with E-state index in [-0.39, 0.29) is 5.91 Å². The molecule has 3 aromatic rings. The predicted molar refractivity (Wildman–Crippen MR) is 88.8 cm³/mol. The fourth-order valence-electron chi connectivity index (χ4n) is 2.17. The van der Waals surface area contributed by atoms with Gasteiger partial charge in [0.2, 0.25) is 11.7 Å². The minimum atomic E-state index is -0.0595. The monoisotopic (exact) mass is 307 g/mol. The van der Waals surface area contributed by atoms with Crippen LogP contribution in [0, 0.1) is 6.92 Å². The van der Waals surface area contributed by atoms with E-state index in [0.717, 1.165) is 5.56 Å². The summed E-state index contributed by atoms with van der Waals surface area (Å²) in [4.78, 5) is 16.1. The number of amides is 1. The van der Waals surface area contributed by atoms with Gasteiger partial charge in [-0.3, -0.25) is 4.79 Å². The van der Waals surface area contributed by atoms with Crippen molar-refractivity contribution in [2.75, 3.05) is 5.32 Å². The molecule has 2 aromatic carbocycles. The highest BCUT2D eigenvalue weighted by Crippen LogP contribution is 2.28. The average molecular weight is 307 g/mol. The molecule has 0 aliphatic heterocycles. The summed E-state index contributed by atoms with van der Waals surface area (Å²) in [7, 11) is 0. The van der Waals surface area contributed by atoms with Crippen molar-refractivity contribution in [3.8, 4) is 22.8 Å². The molecular weight excluding hydrogens is 290 g/mol. The van der Waals surface area contributed by atoms with Gasteiger partial charge >= 0.3 is 0 Å². The van der Waals surface area contributed by atoms with Gasteiger partial charge < -0.3 is 9.84 Å². The number of para-hydroxylation sites is 1. The molecule has 0 saturated carbocycles. The van der Waals surface area contributed by atoms with Gasteiger partial charge in [-0.05, 0) is 19.1 Å². The van der Waals surface area contributed by atoms with Crippen molar-refractivity contribution in [2.24, 2.45) is 0 Å². The van der Waals surface area contributed by atoms with Crippen molar-refractivity contribution in [3.05, 3.63) is 54.1 Å². The smallest absolute Gasteiger partial charge is 0.260 e. The summed E-state index contributed by atoms with van der Waals surface area (Å²) in [5.41, 5.74) is 3.43. The highest BCUT2D eigenvalue weighted by molar-refractivity contribution is 5.94. The van der Waals surface area contributed by atoms with Gasteiger partial charge in [-0.1, -0.05) is 54.0 Å². The van der Waals surface area contributed by atoms with Gasteiger partial charge in [0.1, 0.15) is 0 Å². The van der Waals surface area contributed by atoms with Gasteiger partial charge in [-0.25, -0.2) is 0 Å². The molecule has 1 aromatic heterocycles. The van der Waals surface area contributed by atoms with Gasteiger partial charge in [0.25, 0.3) is 5.89 Å². The van der Waals surface area contributed by atoms with E-state index in [1.807, 2.05) is 55.5 Å². The van der Waals surface area contributed by atoms with Crippen LogP contribution in [0.4, 0.5) is 5.69 Å². The first-order valence-electron chi connectivity index (χ1n) is 7.47. The van der Waals surface area contributed by atoms with Crippen LogP contribution in [-0.2, 0) is 4.79 Å². The van der Waals surface area contributed by atoms with E-state index in [9.17, 15) is 4.79 Å².